The van der Waals surface area contributed by atoms with Crippen LogP contribution in [0.3, 0.4) is 0 Å². The second-order valence-corrected chi connectivity index (χ2v) is 6.70. The number of rotatable bonds is 3. The molecule has 2 aromatic rings. The molecule has 2 aromatic carbocycles. The summed E-state index contributed by atoms with van der Waals surface area (Å²) in [7, 11) is 0. The summed E-state index contributed by atoms with van der Waals surface area (Å²) in [6, 6.07) is 11.1. The summed E-state index contributed by atoms with van der Waals surface area (Å²) in [5.41, 5.74) is 2.27. The minimum Gasteiger partial charge on any atom is -0.454 e. The number of nitrogens with zero attached hydrogens (tertiary/aromatic N) is 1. The van der Waals surface area contributed by atoms with Crippen LogP contribution in [0, 0.1) is 0 Å². The Morgan fingerprint density at radius 3 is 2.68 bits per heavy atom. The van der Waals surface area contributed by atoms with E-state index in [1.54, 1.807) is 18.2 Å². The molecule has 1 fully saturated rings. The molecule has 6 nitrogen and oxygen atoms in total. The van der Waals surface area contributed by atoms with Gasteiger partial charge in [-0.15, -0.1) is 0 Å². The molecular weight excluding hydrogens is 388 g/mol. The van der Waals surface area contributed by atoms with E-state index in [4.69, 9.17) is 14.2 Å². The first-order valence-electron chi connectivity index (χ1n) is 8.04. The number of benzene rings is 2. The number of fused-ring (bicyclic) bond motifs is 1. The number of hydrogen-bond donors (Lipinski definition) is 1. The fourth-order valence-corrected chi connectivity index (χ4v) is 3.28. The second-order valence-electron chi connectivity index (χ2n) is 5.78. The molecule has 1 saturated heterocycles. The molecule has 7 heteroatoms. The third-order valence-electron chi connectivity index (χ3n) is 4.19. The molecule has 0 saturated carbocycles. The van der Waals surface area contributed by atoms with E-state index in [9.17, 15) is 4.79 Å². The first-order chi connectivity index (χ1) is 12.2. The van der Waals surface area contributed by atoms with Gasteiger partial charge in [0.05, 0.1) is 24.6 Å². The first kappa shape index (κ1) is 16.2. The Kier molecular flexibility index (Phi) is 4.50. The molecule has 4 rings (SSSR count). The average Bonchev–Trinajstić information content (AvgIpc) is 3.10. The monoisotopic (exact) mass is 404 g/mol. The number of hydrogen-bond acceptors (Lipinski definition) is 5. The first-order valence-corrected chi connectivity index (χ1v) is 8.83. The lowest BCUT2D eigenvalue weighted by molar-refractivity contribution is 0.102. The van der Waals surface area contributed by atoms with Gasteiger partial charge in [0.15, 0.2) is 11.5 Å². The van der Waals surface area contributed by atoms with Gasteiger partial charge >= 0.3 is 0 Å². The number of halogens is 1. The van der Waals surface area contributed by atoms with E-state index in [1.165, 1.54) is 0 Å². The predicted octanol–water partition coefficient (Wildman–Crippen LogP) is 3.27. The molecule has 2 aliphatic heterocycles. The van der Waals surface area contributed by atoms with Gasteiger partial charge in [0.1, 0.15) is 0 Å². The van der Waals surface area contributed by atoms with E-state index < -0.39 is 0 Å². The standard InChI is InChI=1S/C18H17BrN2O4/c19-13-2-3-15(21-5-7-23-8-6-21)14(10-13)20-18(22)12-1-4-16-17(9-12)25-11-24-16/h1-4,9-10H,5-8,11H2,(H,20,22). The summed E-state index contributed by atoms with van der Waals surface area (Å²) in [5.74, 6) is 1.06. The molecule has 25 heavy (non-hydrogen) atoms. The van der Waals surface area contributed by atoms with E-state index in [1.807, 2.05) is 18.2 Å². The fraction of sp³-hybridized carbons (Fsp3) is 0.278. The zero-order valence-corrected chi connectivity index (χ0v) is 15.0. The third kappa shape index (κ3) is 3.43. The van der Waals surface area contributed by atoms with Crippen LogP contribution in [-0.4, -0.2) is 39.0 Å². The Bertz CT molecular complexity index is 806. The Morgan fingerprint density at radius 2 is 1.84 bits per heavy atom. The van der Waals surface area contributed by atoms with Crippen LogP contribution < -0.4 is 19.7 Å². The molecule has 2 aliphatic rings. The van der Waals surface area contributed by atoms with Crippen molar-refractivity contribution >= 4 is 33.2 Å². The van der Waals surface area contributed by atoms with Gasteiger partial charge < -0.3 is 24.4 Å². The van der Waals surface area contributed by atoms with Crippen molar-refractivity contribution in [2.24, 2.45) is 0 Å². The maximum absolute atomic E-state index is 12.7. The largest absolute Gasteiger partial charge is 0.454 e. The summed E-state index contributed by atoms with van der Waals surface area (Å²) < 4.78 is 17.0. The second kappa shape index (κ2) is 6.93. The van der Waals surface area contributed by atoms with E-state index >= 15 is 0 Å². The molecule has 2 heterocycles. The number of morpholine rings is 1. The predicted molar refractivity (Wildman–Crippen MR) is 97.7 cm³/mol. The van der Waals surface area contributed by atoms with Gasteiger partial charge in [0.25, 0.3) is 5.91 Å². The van der Waals surface area contributed by atoms with Crippen molar-refractivity contribution < 1.29 is 19.0 Å². The molecule has 0 bridgehead atoms. The summed E-state index contributed by atoms with van der Waals surface area (Å²) in [6.07, 6.45) is 0. The van der Waals surface area contributed by atoms with Crippen LogP contribution in [0.4, 0.5) is 11.4 Å². The van der Waals surface area contributed by atoms with E-state index in [0.717, 1.165) is 28.9 Å². The minimum atomic E-state index is -0.189. The molecule has 0 spiro atoms. The average molecular weight is 405 g/mol. The molecule has 1 N–H and O–H groups in total. The summed E-state index contributed by atoms with van der Waals surface area (Å²) in [5, 5.41) is 3.01. The van der Waals surface area contributed by atoms with E-state index in [0.29, 0.717) is 30.3 Å². The van der Waals surface area contributed by atoms with Crippen molar-refractivity contribution in [3.8, 4) is 11.5 Å². The SMILES string of the molecule is O=C(Nc1cc(Br)ccc1N1CCOCC1)c1ccc2c(c1)OCO2. The Hall–Kier alpha value is -2.25. The molecule has 130 valence electrons. The Labute approximate surface area is 153 Å². The lowest BCUT2D eigenvalue weighted by Crippen LogP contribution is -2.36. The molecule has 0 unspecified atom stereocenters. The summed E-state index contributed by atoms with van der Waals surface area (Å²) in [6.45, 7) is 3.16. The van der Waals surface area contributed by atoms with Gasteiger partial charge in [-0.1, -0.05) is 15.9 Å². The highest BCUT2D eigenvalue weighted by Gasteiger charge is 2.19. The van der Waals surface area contributed by atoms with Crippen LogP contribution in [0.1, 0.15) is 10.4 Å². The zero-order valence-electron chi connectivity index (χ0n) is 13.5. The van der Waals surface area contributed by atoms with Crippen LogP contribution in [0.2, 0.25) is 0 Å². The molecule has 0 atom stereocenters. The summed E-state index contributed by atoms with van der Waals surface area (Å²) >= 11 is 3.48. The number of amides is 1. The van der Waals surface area contributed by atoms with E-state index in [-0.39, 0.29) is 12.7 Å². The van der Waals surface area contributed by atoms with Crippen molar-refractivity contribution in [3.05, 3.63) is 46.4 Å². The van der Waals surface area contributed by atoms with Crippen LogP contribution in [0.5, 0.6) is 11.5 Å². The van der Waals surface area contributed by atoms with Gasteiger partial charge in [0, 0.05) is 23.1 Å². The van der Waals surface area contributed by atoms with Gasteiger partial charge in [-0.05, 0) is 36.4 Å². The maximum Gasteiger partial charge on any atom is 0.255 e. The lowest BCUT2D eigenvalue weighted by atomic mass is 10.1. The normalized spacial score (nSPS) is 16.0. The lowest BCUT2D eigenvalue weighted by Gasteiger charge is -2.30. The topological polar surface area (TPSA) is 60.0 Å². The molecular formula is C18H17BrN2O4. The third-order valence-corrected chi connectivity index (χ3v) is 4.69. The highest BCUT2D eigenvalue weighted by Crippen LogP contribution is 2.34. The van der Waals surface area contributed by atoms with Gasteiger partial charge in [-0.2, -0.15) is 0 Å². The van der Waals surface area contributed by atoms with Crippen LogP contribution in [0.25, 0.3) is 0 Å². The van der Waals surface area contributed by atoms with Crippen LogP contribution in [0.15, 0.2) is 40.9 Å². The van der Waals surface area contributed by atoms with Gasteiger partial charge in [-0.25, -0.2) is 0 Å². The molecule has 0 aliphatic carbocycles. The van der Waals surface area contributed by atoms with Gasteiger partial charge in [0.2, 0.25) is 6.79 Å². The maximum atomic E-state index is 12.7. The van der Waals surface area contributed by atoms with Crippen molar-refractivity contribution in [3.63, 3.8) is 0 Å². The van der Waals surface area contributed by atoms with Gasteiger partial charge in [-0.3, -0.25) is 4.79 Å². The zero-order chi connectivity index (χ0) is 17.2. The highest BCUT2D eigenvalue weighted by molar-refractivity contribution is 9.10. The van der Waals surface area contributed by atoms with Crippen LogP contribution in [-0.2, 0) is 4.74 Å². The molecule has 1 amide bonds. The fourth-order valence-electron chi connectivity index (χ4n) is 2.92. The molecule has 0 aromatic heterocycles. The number of carbonyl (C=O) groups excluding carboxylic acids is 1. The summed E-state index contributed by atoms with van der Waals surface area (Å²) in [4.78, 5) is 14.9. The van der Waals surface area contributed by atoms with Crippen molar-refractivity contribution in [2.45, 2.75) is 0 Å². The smallest absolute Gasteiger partial charge is 0.255 e. The van der Waals surface area contributed by atoms with Crippen molar-refractivity contribution in [1.82, 2.24) is 0 Å². The molecule has 0 radical (unpaired) electrons. The van der Waals surface area contributed by atoms with Crippen molar-refractivity contribution in [1.29, 1.82) is 0 Å². The number of carbonyl (C=O) groups is 1. The minimum absolute atomic E-state index is 0.188. The number of ether oxygens (including phenoxy) is 3. The number of anilines is 2. The van der Waals surface area contributed by atoms with E-state index in [2.05, 4.69) is 26.1 Å². The van der Waals surface area contributed by atoms with Crippen LogP contribution >= 0.6 is 15.9 Å². The van der Waals surface area contributed by atoms with Crippen molar-refractivity contribution in [2.75, 3.05) is 43.3 Å². The quantitative estimate of drug-likeness (QED) is 0.850. The Morgan fingerprint density at radius 1 is 1.04 bits per heavy atom. The Balaban J connectivity index is 1.59. The number of nitrogens with one attached hydrogen (secondary N) is 1. The highest BCUT2D eigenvalue weighted by atomic mass is 79.9.